The van der Waals surface area contributed by atoms with E-state index in [4.69, 9.17) is 32.7 Å². The molecule has 190 valence electrons. The van der Waals surface area contributed by atoms with Crippen LogP contribution in [0.2, 0.25) is 10.0 Å². The maximum absolute atomic E-state index is 13.1. The summed E-state index contributed by atoms with van der Waals surface area (Å²) in [5.74, 6) is 0.168. The number of rotatable bonds is 11. The minimum absolute atomic E-state index is 0.0223. The van der Waals surface area contributed by atoms with E-state index in [1.54, 1.807) is 48.7 Å². The average molecular weight is 539 g/mol. The maximum atomic E-state index is 13.1. The van der Waals surface area contributed by atoms with Crippen LogP contribution in [0.15, 0.2) is 85.3 Å². The molecular formula is C27H24Cl2N4O4. The molecule has 0 saturated carbocycles. The molecule has 8 nitrogen and oxygen atoms in total. The van der Waals surface area contributed by atoms with E-state index in [1.807, 2.05) is 30.3 Å². The van der Waals surface area contributed by atoms with Crippen LogP contribution in [-0.2, 0) is 27.4 Å². The molecule has 0 saturated heterocycles. The minimum Gasteiger partial charge on any atom is -0.456 e. The van der Waals surface area contributed by atoms with Crippen LogP contribution in [0.3, 0.4) is 0 Å². The fraction of sp³-hybridized carbons (Fsp3) is 0.148. The Morgan fingerprint density at radius 1 is 1.00 bits per heavy atom. The van der Waals surface area contributed by atoms with Gasteiger partial charge in [0.05, 0.1) is 36.7 Å². The number of nitrogens with one attached hydrogen (secondary N) is 3. The lowest BCUT2D eigenvalue weighted by Crippen LogP contribution is -2.47. The number of halogens is 2. The molecule has 1 atom stereocenters. The molecule has 1 heterocycles. The van der Waals surface area contributed by atoms with Gasteiger partial charge in [0.1, 0.15) is 17.5 Å². The number of hydrogen-bond acceptors (Lipinski definition) is 5. The molecule has 1 aromatic heterocycles. The number of nitrogens with zero attached hydrogens (tertiary/aromatic N) is 1. The summed E-state index contributed by atoms with van der Waals surface area (Å²) in [6, 6.07) is 20.3. The molecule has 37 heavy (non-hydrogen) atoms. The van der Waals surface area contributed by atoms with Crippen molar-refractivity contribution in [2.24, 2.45) is 0 Å². The van der Waals surface area contributed by atoms with E-state index in [-0.39, 0.29) is 18.9 Å². The summed E-state index contributed by atoms with van der Waals surface area (Å²) in [7, 11) is 0. The molecule has 0 aliphatic heterocycles. The largest absolute Gasteiger partial charge is 0.456 e. The van der Waals surface area contributed by atoms with Crippen molar-refractivity contribution in [2.45, 2.75) is 19.1 Å². The SMILES string of the molecule is O=C(Cc1c[nH]cn1)NC(COCc1ccccc1)C(=O)Nc1ccc(Oc2ccc(Cl)cc2)c(Cl)c1. The number of carbonyl (C=O) groups is 2. The van der Waals surface area contributed by atoms with Crippen LogP contribution in [-0.4, -0.2) is 34.4 Å². The zero-order valence-corrected chi connectivity index (χ0v) is 21.1. The highest BCUT2D eigenvalue weighted by atomic mass is 35.5. The second kappa shape index (κ2) is 12.9. The zero-order chi connectivity index (χ0) is 26.0. The van der Waals surface area contributed by atoms with E-state index < -0.39 is 11.9 Å². The van der Waals surface area contributed by atoms with Crippen molar-refractivity contribution in [3.05, 3.63) is 107 Å². The van der Waals surface area contributed by atoms with Crippen LogP contribution < -0.4 is 15.4 Å². The number of H-pyrrole nitrogens is 1. The van der Waals surface area contributed by atoms with Crippen molar-refractivity contribution in [3.63, 3.8) is 0 Å². The van der Waals surface area contributed by atoms with Crippen LogP contribution >= 0.6 is 23.2 Å². The van der Waals surface area contributed by atoms with Gasteiger partial charge < -0.3 is 25.1 Å². The first-order valence-corrected chi connectivity index (χ1v) is 12.1. The van der Waals surface area contributed by atoms with E-state index in [9.17, 15) is 9.59 Å². The lowest BCUT2D eigenvalue weighted by atomic mass is 10.2. The number of aromatic nitrogens is 2. The fourth-order valence-electron chi connectivity index (χ4n) is 3.37. The summed E-state index contributed by atoms with van der Waals surface area (Å²) >= 11 is 12.3. The Morgan fingerprint density at radius 2 is 1.78 bits per heavy atom. The molecule has 3 aromatic carbocycles. The molecule has 0 aliphatic carbocycles. The molecule has 1 unspecified atom stereocenters. The summed E-state index contributed by atoms with van der Waals surface area (Å²) in [5, 5.41) is 6.40. The molecule has 4 aromatic rings. The van der Waals surface area contributed by atoms with Gasteiger partial charge in [-0.05, 0) is 48.0 Å². The molecule has 2 amide bonds. The summed E-state index contributed by atoms with van der Waals surface area (Å²) in [5.41, 5.74) is 1.95. The van der Waals surface area contributed by atoms with Gasteiger partial charge in [0, 0.05) is 16.9 Å². The molecule has 0 radical (unpaired) electrons. The first-order valence-electron chi connectivity index (χ1n) is 11.4. The molecular weight excluding hydrogens is 515 g/mol. The number of amides is 2. The fourth-order valence-corrected chi connectivity index (χ4v) is 3.71. The van der Waals surface area contributed by atoms with Gasteiger partial charge in [-0.3, -0.25) is 9.59 Å². The van der Waals surface area contributed by atoms with Crippen LogP contribution in [0.4, 0.5) is 5.69 Å². The predicted molar refractivity (Wildman–Crippen MR) is 142 cm³/mol. The first-order chi connectivity index (χ1) is 18.0. The van der Waals surface area contributed by atoms with Gasteiger partial charge in [0.15, 0.2) is 0 Å². The smallest absolute Gasteiger partial charge is 0.249 e. The second-order valence-corrected chi connectivity index (χ2v) is 8.89. The molecule has 10 heteroatoms. The average Bonchev–Trinajstić information content (AvgIpc) is 3.40. The third-order valence-corrected chi connectivity index (χ3v) is 5.73. The molecule has 0 bridgehead atoms. The quantitative estimate of drug-likeness (QED) is 0.237. The first kappa shape index (κ1) is 26.2. The third kappa shape index (κ3) is 8.08. The second-order valence-electron chi connectivity index (χ2n) is 8.05. The monoisotopic (exact) mass is 538 g/mol. The normalized spacial score (nSPS) is 11.5. The summed E-state index contributed by atoms with van der Waals surface area (Å²) in [4.78, 5) is 32.5. The summed E-state index contributed by atoms with van der Waals surface area (Å²) < 4.78 is 11.5. The van der Waals surface area contributed by atoms with E-state index in [0.29, 0.717) is 39.5 Å². The lowest BCUT2D eigenvalue weighted by molar-refractivity contribution is -0.127. The van der Waals surface area contributed by atoms with E-state index in [2.05, 4.69) is 20.6 Å². The number of benzene rings is 3. The maximum Gasteiger partial charge on any atom is 0.249 e. The Kier molecular flexibility index (Phi) is 9.15. The molecule has 0 spiro atoms. The zero-order valence-electron chi connectivity index (χ0n) is 19.6. The number of hydrogen-bond donors (Lipinski definition) is 3. The van der Waals surface area contributed by atoms with Crippen molar-refractivity contribution < 1.29 is 19.1 Å². The van der Waals surface area contributed by atoms with E-state index in [0.717, 1.165) is 5.56 Å². The Bertz CT molecular complexity index is 1320. The summed E-state index contributed by atoms with van der Waals surface area (Å²) in [6.45, 7) is 0.265. The van der Waals surface area contributed by atoms with Crippen LogP contribution in [0, 0.1) is 0 Å². The third-order valence-electron chi connectivity index (χ3n) is 5.19. The highest BCUT2D eigenvalue weighted by Crippen LogP contribution is 2.32. The minimum atomic E-state index is -0.945. The number of aromatic amines is 1. The van der Waals surface area contributed by atoms with Crippen molar-refractivity contribution in [3.8, 4) is 11.5 Å². The number of anilines is 1. The van der Waals surface area contributed by atoms with Crippen molar-refractivity contribution in [1.29, 1.82) is 0 Å². The van der Waals surface area contributed by atoms with Crippen LogP contribution in [0.5, 0.6) is 11.5 Å². The highest BCUT2D eigenvalue weighted by molar-refractivity contribution is 6.32. The van der Waals surface area contributed by atoms with E-state index in [1.165, 1.54) is 6.33 Å². The molecule has 4 rings (SSSR count). The van der Waals surface area contributed by atoms with Crippen molar-refractivity contribution >= 4 is 40.7 Å². The van der Waals surface area contributed by atoms with Crippen LogP contribution in [0.25, 0.3) is 0 Å². The van der Waals surface area contributed by atoms with Gasteiger partial charge >= 0.3 is 0 Å². The number of carbonyl (C=O) groups excluding carboxylic acids is 2. The Labute approximate surface area is 223 Å². The Morgan fingerprint density at radius 3 is 2.49 bits per heavy atom. The Balaban J connectivity index is 1.40. The van der Waals surface area contributed by atoms with Gasteiger partial charge in [-0.25, -0.2) is 4.98 Å². The predicted octanol–water partition coefficient (Wildman–Crippen LogP) is 5.39. The van der Waals surface area contributed by atoms with Crippen molar-refractivity contribution in [1.82, 2.24) is 15.3 Å². The molecule has 3 N–H and O–H groups in total. The van der Waals surface area contributed by atoms with Gasteiger partial charge in [0.2, 0.25) is 11.8 Å². The molecule has 0 fully saturated rings. The topological polar surface area (TPSA) is 105 Å². The molecule has 0 aliphatic rings. The summed E-state index contributed by atoms with van der Waals surface area (Å²) in [6.07, 6.45) is 3.13. The van der Waals surface area contributed by atoms with Gasteiger partial charge in [-0.15, -0.1) is 0 Å². The highest BCUT2D eigenvalue weighted by Gasteiger charge is 2.22. The van der Waals surface area contributed by atoms with Crippen molar-refractivity contribution in [2.75, 3.05) is 11.9 Å². The van der Waals surface area contributed by atoms with Crippen LogP contribution in [0.1, 0.15) is 11.3 Å². The van der Waals surface area contributed by atoms with Gasteiger partial charge in [0.25, 0.3) is 0 Å². The number of ether oxygens (including phenoxy) is 2. The van der Waals surface area contributed by atoms with Gasteiger partial charge in [-0.1, -0.05) is 53.5 Å². The van der Waals surface area contributed by atoms with E-state index >= 15 is 0 Å². The van der Waals surface area contributed by atoms with Gasteiger partial charge in [-0.2, -0.15) is 0 Å². The Hall–Kier alpha value is -3.85. The lowest BCUT2D eigenvalue weighted by Gasteiger charge is -2.19. The number of imidazole rings is 1. The standard InChI is InChI=1S/C27H24Cl2N4O4/c28-19-6-9-22(10-7-19)37-25-11-8-20(12-23(25)29)32-27(35)24(16-36-15-18-4-2-1-3-5-18)33-26(34)13-21-14-30-17-31-21/h1-12,14,17,24H,13,15-16H2,(H,30,31)(H,32,35)(H,33,34).